The van der Waals surface area contributed by atoms with Crippen LogP contribution in [0, 0.1) is 23.7 Å². The van der Waals surface area contributed by atoms with Crippen molar-refractivity contribution in [3.8, 4) is 0 Å². The van der Waals surface area contributed by atoms with Crippen LogP contribution < -0.4 is 0 Å². The predicted molar refractivity (Wildman–Crippen MR) is 69.0 cm³/mol. The van der Waals surface area contributed by atoms with E-state index in [0.717, 1.165) is 23.7 Å². The third-order valence-corrected chi connectivity index (χ3v) is 4.75. The predicted octanol–water partition coefficient (Wildman–Crippen LogP) is 5.28. The maximum atomic E-state index is 2.47. The van der Waals surface area contributed by atoms with E-state index in [1.54, 1.807) is 0 Å². The molecule has 4 atom stereocenters. The van der Waals surface area contributed by atoms with Gasteiger partial charge in [0.15, 0.2) is 0 Å². The Bertz CT molecular complexity index is 161. The second-order valence-electron chi connectivity index (χ2n) is 5.99. The number of rotatable bonds is 4. The molecule has 1 aliphatic carbocycles. The Morgan fingerprint density at radius 2 is 1.67 bits per heavy atom. The lowest BCUT2D eigenvalue weighted by Crippen LogP contribution is -2.14. The molecule has 0 N–H and O–H groups in total. The first kappa shape index (κ1) is 13.1. The standard InChI is InChI=1S/C15H30/c1-5-6-7-8-15-10-9-12(2)14(4)13(3)11-15/h12-15H,5-11H2,1-4H3. The summed E-state index contributed by atoms with van der Waals surface area (Å²) in [7, 11) is 0. The van der Waals surface area contributed by atoms with E-state index < -0.39 is 0 Å². The molecule has 0 aliphatic heterocycles. The molecule has 1 fully saturated rings. The van der Waals surface area contributed by atoms with Crippen LogP contribution >= 0.6 is 0 Å². The van der Waals surface area contributed by atoms with Crippen LogP contribution in [0.3, 0.4) is 0 Å². The summed E-state index contributed by atoms with van der Waals surface area (Å²) in [6, 6.07) is 0. The second kappa shape index (κ2) is 6.55. The normalized spacial score (nSPS) is 37.6. The third kappa shape index (κ3) is 4.17. The highest BCUT2D eigenvalue weighted by Gasteiger charge is 2.26. The number of hydrogen-bond donors (Lipinski definition) is 0. The van der Waals surface area contributed by atoms with E-state index in [4.69, 9.17) is 0 Å². The molecular weight excluding hydrogens is 180 g/mol. The van der Waals surface area contributed by atoms with Crippen molar-refractivity contribution in [2.24, 2.45) is 23.7 Å². The van der Waals surface area contributed by atoms with Crippen LogP contribution in [-0.2, 0) is 0 Å². The van der Waals surface area contributed by atoms with E-state index in [9.17, 15) is 0 Å². The first-order chi connectivity index (χ1) is 7.15. The molecule has 0 aromatic heterocycles. The third-order valence-electron chi connectivity index (χ3n) is 4.75. The summed E-state index contributed by atoms with van der Waals surface area (Å²) >= 11 is 0. The minimum atomic E-state index is 0.946. The van der Waals surface area contributed by atoms with Crippen LogP contribution in [0.5, 0.6) is 0 Å². The maximum Gasteiger partial charge on any atom is -0.0391 e. The highest BCUT2D eigenvalue weighted by molar-refractivity contribution is 4.77. The van der Waals surface area contributed by atoms with Crippen molar-refractivity contribution in [1.29, 1.82) is 0 Å². The monoisotopic (exact) mass is 210 g/mol. The molecular formula is C15H30. The van der Waals surface area contributed by atoms with Crippen molar-refractivity contribution < 1.29 is 0 Å². The smallest absolute Gasteiger partial charge is 0.0391 e. The first-order valence-electron chi connectivity index (χ1n) is 7.15. The summed E-state index contributed by atoms with van der Waals surface area (Å²) in [5.41, 5.74) is 0. The minimum absolute atomic E-state index is 0.946. The Morgan fingerprint density at radius 1 is 0.933 bits per heavy atom. The van der Waals surface area contributed by atoms with Gasteiger partial charge < -0.3 is 0 Å². The average molecular weight is 210 g/mol. The van der Waals surface area contributed by atoms with Gasteiger partial charge in [-0.3, -0.25) is 0 Å². The number of unbranched alkanes of at least 4 members (excludes halogenated alkanes) is 2. The lowest BCUT2D eigenvalue weighted by molar-refractivity contribution is 0.272. The van der Waals surface area contributed by atoms with Crippen LogP contribution in [0.15, 0.2) is 0 Å². The van der Waals surface area contributed by atoms with Gasteiger partial charge in [-0.15, -0.1) is 0 Å². The van der Waals surface area contributed by atoms with Crippen molar-refractivity contribution in [3.05, 3.63) is 0 Å². The first-order valence-corrected chi connectivity index (χ1v) is 7.15. The van der Waals surface area contributed by atoms with Crippen LogP contribution in [0.2, 0.25) is 0 Å². The van der Waals surface area contributed by atoms with E-state index >= 15 is 0 Å². The summed E-state index contributed by atoms with van der Waals surface area (Å²) < 4.78 is 0. The number of hydrogen-bond acceptors (Lipinski definition) is 0. The molecule has 1 saturated carbocycles. The van der Waals surface area contributed by atoms with Gasteiger partial charge in [0.2, 0.25) is 0 Å². The highest BCUT2D eigenvalue weighted by Crippen LogP contribution is 2.37. The fourth-order valence-electron chi connectivity index (χ4n) is 3.13. The Morgan fingerprint density at radius 3 is 2.33 bits per heavy atom. The quantitative estimate of drug-likeness (QED) is 0.438. The SMILES string of the molecule is CCCCCC1CCC(C)C(C)C(C)C1. The molecule has 0 nitrogen and oxygen atoms in total. The van der Waals surface area contributed by atoms with Crippen LogP contribution in [0.4, 0.5) is 0 Å². The zero-order chi connectivity index (χ0) is 11.3. The largest absolute Gasteiger partial charge is 0.0654 e. The van der Waals surface area contributed by atoms with Gasteiger partial charge in [0.1, 0.15) is 0 Å². The van der Waals surface area contributed by atoms with Crippen molar-refractivity contribution >= 4 is 0 Å². The Balaban J connectivity index is 2.34. The van der Waals surface area contributed by atoms with E-state index in [0.29, 0.717) is 0 Å². The molecule has 0 heterocycles. The van der Waals surface area contributed by atoms with Gasteiger partial charge >= 0.3 is 0 Å². The maximum absolute atomic E-state index is 2.47. The molecule has 0 saturated heterocycles. The molecule has 0 heteroatoms. The van der Waals surface area contributed by atoms with E-state index in [1.807, 2.05) is 0 Å². The Hall–Kier alpha value is 0. The molecule has 0 bridgehead atoms. The Kier molecular flexibility index (Phi) is 5.71. The molecule has 90 valence electrons. The van der Waals surface area contributed by atoms with Crippen LogP contribution in [-0.4, -0.2) is 0 Å². The lowest BCUT2D eigenvalue weighted by Gasteiger charge is -2.23. The molecule has 0 spiro atoms. The fourth-order valence-corrected chi connectivity index (χ4v) is 3.13. The topological polar surface area (TPSA) is 0 Å². The van der Waals surface area contributed by atoms with E-state index in [2.05, 4.69) is 27.7 Å². The summed E-state index contributed by atoms with van der Waals surface area (Å²) in [4.78, 5) is 0. The summed E-state index contributed by atoms with van der Waals surface area (Å²) in [6.07, 6.45) is 10.2. The van der Waals surface area contributed by atoms with Crippen LogP contribution in [0.25, 0.3) is 0 Å². The molecule has 1 aliphatic rings. The zero-order valence-corrected chi connectivity index (χ0v) is 11.3. The molecule has 1 rings (SSSR count). The van der Waals surface area contributed by atoms with Crippen molar-refractivity contribution in [2.45, 2.75) is 72.6 Å². The van der Waals surface area contributed by atoms with Gasteiger partial charge in [-0.2, -0.15) is 0 Å². The van der Waals surface area contributed by atoms with Crippen molar-refractivity contribution in [1.82, 2.24) is 0 Å². The summed E-state index contributed by atoms with van der Waals surface area (Å²) in [6.45, 7) is 9.69. The summed E-state index contributed by atoms with van der Waals surface area (Å²) in [5.74, 6) is 3.89. The van der Waals surface area contributed by atoms with Gasteiger partial charge in [-0.05, 0) is 30.1 Å². The average Bonchev–Trinajstić information content (AvgIpc) is 2.33. The van der Waals surface area contributed by atoms with Gasteiger partial charge in [0, 0.05) is 0 Å². The Labute approximate surface area is 96.8 Å². The van der Waals surface area contributed by atoms with Crippen molar-refractivity contribution in [2.75, 3.05) is 0 Å². The van der Waals surface area contributed by atoms with Gasteiger partial charge in [-0.1, -0.05) is 66.2 Å². The van der Waals surface area contributed by atoms with E-state index in [-0.39, 0.29) is 0 Å². The van der Waals surface area contributed by atoms with Gasteiger partial charge in [0.25, 0.3) is 0 Å². The van der Waals surface area contributed by atoms with E-state index in [1.165, 1.54) is 44.9 Å². The van der Waals surface area contributed by atoms with Gasteiger partial charge in [-0.25, -0.2) is 0 Å². The van der Waals surface area contributed by atoms with Crippen molar-refractivity contribution in [3.63, 3.8) is 0 Å². The molecule has 0 radical (unpaired) electrons. The molecule has 0 aromatic carbocycles. The molecule has 4 unspecified atom stereocenters. The zero-order valence-electron chi connectivity index (χ0n) is 11.3. The highest BCUT2D eigenvalue weighted by atomic mass is 14.3. The lowest BCUT2D eigenvalue weighted by atomic mass is 9.83. The van der Waals surface area contributed by atoms with Gasteiger partial charge in [0.05, 0.1) is 0 Å². The van der Waals surface area contributed by atoms with Crippen LogP contribution in [0.1, 0.15) is 72.6 Å². The summed E-state index contributed by atoms with van der Waals surface area (Å²) in [5, 5.41) is 0. The molecule has 15 heavy (non-hydrogen) atoms. The minimum Gasteiger partial charge on any atom is -0.0654 e. The second-order valence-corrected chi connectivity index (χ2v) is 5.99. The molecule has 0 aromatic rings. The molecule has 0 amide bonds. The fraction of sp³-hybridized carbons (Fsp3) is 1.00.